The number of allylic oxidation sites excluding steroid dienone is 1. The highest BCUT2D eigenvalue weighted by Crippen LogP contribution is 2.06. The molecule has 0 bridgehead atoms. The van der Waals surface area contributed by atoms with E-state index in [0.29, 0.717) is 12.2 Å². The van der Waals surface area contributed by atoms with Gasteiger partial charge in [-0.05, 0) is 31.4 Å². The molecule has 0 radical (unpaired) electrons. The Hall–Kier alpha value is -1.61. The fourth-order valence-corrected chi connectivity index (χ4v) is 1.69. The fraction of sp³-hybridized carbons (Fsp3) is 0.471. The standard InChI is InChI=1S/C10H20O.C7H6O2/c1-2-3-4-5-6-7-8-9-10-11;8-7(9)6-4-2-1-3-5-6/h2,11H,1,3-10H2;1-5H,(H,8,9). The highest BCUT2D eigenvalue weighted by molar-refractivity contribution is 5.87. The third-order valence-electron chi connectivity index (χ3n) is 2.84. The Morgan fingerprint density at radius 3 is 2.00 bits per heavy atom. The summed E-state index contributed by atoms with van der Waals surface area (Å²) >= 11 is 0. The van der Waals surface area contributed by atoms with E-state index in [-0.39, 0.29) is 0 Å². The van der Waals surface area contributed by atoms with Crippen LogP contribution in [0.4, 0.5) is 0 Å². The van der Waals surface area contributed by atoms with Crippen LogP contribution in [0, 0.1) is 0 Å². The molecule has 1 aromatic carbocycles. The van der Waals surface area contributed by atoms with Crippen molar-refractivity contribution >= 4 is 5.97 Å². The monoisotopic (exact) mass is 278 g/mol. The average Bonchev–Trinajstić information content (AvgIpc) is 2.48. The van der Waals surface area contributed by atoms with Gasteiger partial charge in [-0.3, -0.25) is 0 Å². The number of hydrogen-bond acceptors (Lipinski definition) is 2. The quantitative estimate of drug-likeness (QED) is 0.523. The number of hydrogen-bond donors (Lipinski definition) is 2. The van der Waals surface area contributed by atoms with E-state index in [4.69, 9.17) is 10.2 Å². The van der Waals surface area contributed by atoms with Crippen LogP contribution < -0.4 is 0 Å². The lowest BCUT2D eigenvalue weighted by Crippen LogP contribution is -1.93. The van der Waals surface area contributed by atoms with Crippen LogP contribution >= 0.6 is 0 Å². The first kappa shape index (κ1) is 18.4. The number of carboxylic acid groups (broad SMARTS) is 1. The summed E-state index contributed by atoms with van der Waals surface area (Å²) in [5.74, 6) is -0.879. The molecule has 1 aromatic rings. The molecule has 0 aliphatic heterocycles. The number of carbonyl (C=O) groups is 1. The van der Waals surface area contributed by atoms with E-state index in [0.717, 1.165) is 12.8 Å². The van der Waals surface area contributed by atoms with Gasteiger partial charge < -0.3 is 10.2 Å². The highest BCUT2D eigenvalue weighted by atomic mass is 16.4. The van der Waals surface area contributed by atoms with Crippen LogP contribution in [0.2, 0.25) is 0 Å². The summed E-state index contributed by atoms with van der Waals surface area (Å²) in [6.45, 7) is 4.03. The van der Waals surface area contributed by atoms with E-state index in [9.17, 15) is 4.79 Å². The van der Waals surface area contributed by atoms with Gasteiger partial charge >= 0.3 is 5.97 Å². The van der Waals surface area contributed by atoms with E-state index in [1.54, 1.807) is 30.3 Å². The summed E-state index contributed by atoms with van der Waals surface area (Å²) in [7, 11) is 0. The van der Waals surface area contributed by atoms with Gasteiger partial charge in [-0.25, -0.2) is 4.79 Å². The van der Waals surface area contributed by atoms with Crippen LogP contribution in [0.25, 0.3) is 0 Å². The maximum Gasteiger partial charge on any atom is 0.335 e. The molecule has 0 aromatic heterocycles. The Labute approximate surface area is 122 Å². The Morgan fingerprint density at radius 1 is 1.00 bits per heavy atom. The topological polar surface area (TPSA) is 57.5 Å². The summed E-state index contributed by atoms with van der Waals surface area (Å²) in [5, 5.41) is 16.9. The molecule has 3 nitrogen and oxygen atoms in total. The van der Waals surface area contributed by atoms with Crippen LogP contribution in [0.1, 0.15) is 55.3 Å². The summed E-state index contributed by atoms with van der Waals surface area (Å²) in [5.41, 5.74) is 0.331. The van der Waals surface area contributed by atoms with Crippen LogP contribution in [-0.2, 0) is 0 Å². The number of aliphatic hydroxyl groups is 1. The van der Waals surface area contributed by atoms with Crippen molar-refractivity contribution < 1.29 is 15.0 Å². The second-order valence-electron chi connectivity index (χ2n) is 4.59. The van der Waals surface area contributed by atoms with Gasteiger partial charge in [0.1, 0.15) is 0 Å². The molecule has 3 heteroatoms. The summed E-state index contributed by atoms with van der Waals surface area (Å²) in [6, 6.07) is 8.30. The van der Waals surface area contributed by atoms with Crippen molar-refractivity contribution in [3.05, 3.63) is 48.6 Å². The number of carboxylic acids is 1. The van der Waals surface area contributed by atoms with Crippen molar-refractivity contribution in [2.24, 2.45) is 0 Å². The summed E-state index contributed by atoms with van der Waals surface area (Å²) in [4.78, 5) is 10.2. The van der Waals surface area contributed by atoms with Crippen molar-refractivity contribution in [1.82, 2.24) is 0 Å². The Kier molecular flexibility index (Phi) is 12.7. The zero-order valence-corrected chi connectivity index (χ0v) is 12.1. The molecule has 0 aliphatic rings. The van der Waals surface area contributed by atoms with E-state index >= 15 is 0 Å². The normalized spacial score (nSPS) is 9.45. The molecular formula is C17H26O3. The number of aromatic carboxylic acids is 1. The number of aliphatic hydroxyl groups excluding tert-OH is 1. The lowest BCUT2D eigenvalue weighted by atomic mass is 10.1. The van der Waals surface area contributed by atoms with E-state index < -0.39 is 5.97 Å². The number of benzene rings is 1. The lowest BCUT2D eigenvalue weighted by molar-refractivity contribution is 0.0697. The molecule has 0 amide bonds. The maximum atomic E-state index is 10.2. The van der Waals surface area contributed by atoms with E-state index in [2.05, 4.69) is 6.58 Å². The minimum Gasteiger partial charge on any atom is -0.478 e. The Balaban J connectivity index is 0.000000367. The molecule has 112 valence electrons. The van der Waals surface area contributed by atoms with Gasteiger partial charge in [0.2, 0.25) is 0 Å². The largest absolute Gasteiger partial charge is 0.478 e. The summed E-state index contributed by atoms with van der Waals surface area (Å²) in [6.07, 6.45) is 10.5. The predicted molar refractivity (Wildman–Crippen MR) is 83.0 cm³/mol. The van der Waals surface area contributed by atoms with Crippen molar-refractivity contribution in [2.75, 3.05) is 6.61 Å². The smallest absolute Gasteiger partial charge is 0.335 e. The summed E-state index contributed by atoms with van der Waals surface area (Å²) < 4.78 is 0. The van der Waals surface area contributed by atoms with Crippen molar-refractivity contribution in [3.63, 3.8) is 0 Å². The molecule has 0 heterocycles. The first-order valence-corrected chi connectivity index (χ1v) is 7.22. The van der Waals surface area contributed by atoms with Crippen molar-refractivity contribution in [2.45, 2.75) is 44.9 Å². The van der Waals surface area contributed by atoms with Crippen molar-refractivity contribution in [3.8, 4) is 0 Å². The molecule has 0 fully saturated rings. The van der Waals surface area contributed by atoms with Gasteiger partial charge in [0.05, 0.1) is 5.56 Å². The maximum absolute atomic E-state index is 10.2. The lowest BCUT2D eigenvalue weighted by Gasteiger charge is -1.97. The van der Waals surface area contributed by atoms with Gasteiger partial charge in [0, 0.05) is 6.61 Å². The molecule has 0 atom stereocenters. The SMILES string of the molecule is C=CCCCCCCCCO.O=C(O)c1ccccc1. The van der Waals surface area contributed by atoms with Crippen molar-refractivity contribution in [1.29, 1.82) is 0 Å². The van der Waals surface area contributed by atoms with Gasteiger partial charge in [-0.2, -0.15) is 0 Å². The number of unbranched alkanes of at least 4 members (excludes halogenated alkanes) is 6. The van der Waals surface area contributed by atoms with Gasteiger partial charge in [0.15, 0.2) is 0 Å². The fourth-order valence-electron chi connectivity index (χ4n) is 1.69. The Morgan fingerprint density at radius 2 is 1.55 bits per heavy atom. The second kappa shape index (κ2) is 13.8. The third-order valence-corrected chi connectivity index (χ3v) is 2.84. The predicted octanol–water partition coefficient (Wildman–Crippen LogP) is 4.28. The van der Waals surface area contributed by atoms with Crippen LogP contribution in [0.3, 0.4) is 0 Å². The first-order chi connectivity index (χ1) is 9.72. The zero-order valence-electron chi connectivity index (χ0n) is 12.1. The second-order valence-corrected chi connectivity index (χ2v) is 4.59. The molecule has 0 aliphatic carbocycles. The molecule has 0 spiro atoms. The van der Waals surface area contributed by atoms with E-state index in [1.165, 1.54) is 32.1 Å². The van der Waals surface area contributed by atoms with Crippen LogP contribution in [0.5, 0.6) is 0 Å². The zero-order chi connectivity index (χ0) is 15.1. The minimum atomic E-state index is -0.879. The first-order valence-electron chi connectivity index (χ1n) is 7.22. The van der Waals surface area contributed by atoms with Crippen LogP contribution in [-0.4, -0.2) is 22.8 Å². The Bertz CT molecular complexity index is 347. The molecule has 0 saturated carbocycles. The van der Waals surface area contributed by atoms with E-state index in [1.807, 2.05) is 6.08 Å². The van der Waals surface area contributed by atoms with Gasteiger partial charge in [-0.1, -0.05) is 50.0 Å². The molecule has 0 saturated heterocycles. The molecule has 1 rings (SSSR count). The molecule has 20 heavy (non-hydrogen) atoms. The average molecular weight is 278 g/mol. The highest BCUT2D eigenvalue weighted by Gasteiger charge is 1.96. The number of rotatable bonds is 9. The van der Waals surface area contributed by atoms with Crippen LogP contribution in [0.15, 0.2) is 43.0 Å². The third kappa shape index (κ3) is 11.5. The minimum absolute atomic E-state index is 0.331. The molecule has 2 N–H and O–H groups in total. The molecule has 0 unspecified atom stereocenters. The molecular weight excluding hydrogens is 252 g/mol. The van der Waals surface area contributed by atoms with Gasteiger partial charge in [0.25, 0.3) is 0 Å². The van der Waals surface area contributed by atoms with Gasteiger partial charge in [-0.15, -0.1) is 6.58 Å².